The van der Waals surface area contributed by atoms with E-state index in [4.69, 9.17) is 16.3 Å². The number of hydrogen-bond donors (Lipinski definition) is 2. The number of alkyl halides is 3. The van der Waals surface area contributed by atoms with Gasteiger partial charge >= 0.3 is 5.51 Å². The third kappa shape index (κ3) is 12.5. The minimum absolute atomic E-state index is 0.328. The number of aldehydes is 1. The number of halogens is 4. The van der Waals surface area contributed by atoms with Gasteiger partial charge in [0.15, 0.2) is 0 Å². The monoisotopic (exact) mass is 975 g/mol. The zero-order valence-corrected chi connectivity index (χ0v) is 39.9. The molecule has 0 bridgehead atoms. The Balaban J connectivity index is 1.05. The number of sulfonamides is 1. The summed E-state index contributed by atoms with van der Waals surface area (Å²) in [6.45, 7) is 10.4. The van der Waals surface area contributed by atoms with E-state index < -0.39 is 52.2 Å². The molecule has 3 aromatic rings. The number of hydrogen-bond acceptors (Lipinski definition) is 11. The Morgan fingerprint density at radius 2 is 1.66 bits per heavy atom. The van der Waals surface area contributed by atoms with E-state index in [1.54, 1.807) is 19.1 Å². The zero-order chi connectivity index (χ0) is 46.5. The number of nitrogens with one attached hydrogen (secondary N) is 2. The van der Waals surface area contributed by atoms with E-state index in [2.05, 4.69) is 24.7 Å². The van der Waals surface area contributed by atoms with Crippen LogP contribution in [0.15, 0.2) is 117 Å². The number of nitrogens with zero attached hydrogens (tertiary/aromatic N) is 3. The lowest BCUT2D eigenvalue weighted by Gasteiger charge is -2.39. The number of anilines is 1. The molecule has 18 heteroatoms. The van der Waals surface area contributed by atoms with Crippen LogP contribution >= 0.6 is 23.4 Å². The van der Waals surface area contributed by atoms with Gasteiger partial charge in [0.25, 0.3) is 9.84 Å². The van der Waals surface area contributed by atoms with E-state index in [0.29, 0.717) is 75.6 Å². The first kappa shape index (κ1) is 49.2. The highest BCUT2D eigenvalue weighted by Crippen LogP contribution is 2.42. The predicted octanol–water partition coefficient (Wildman–Crippen LogP) is 8.27. The third-order valence-corrected chi connectivity index (χ3v) is 17.1. The molecule has 0 aromatic heterocycles. The molecule has 2 fully saturated rings. The molecule has 0 radical (unpaired) electrons. The second kappa shape index (κ2) is 20.7. The highest BCUT2D eigenvalue weighted by Gasteiger charge is 2.49. The Morgan fingerprint density at radius 3 is 2.37 bits per heavy atom. The first-order chi connectivity index (χ1) is 30.9. The average molecular weight is 977 g/mol. The molecule has 7 rings (SSSR count). The summed E-state index contributed by atoms with van der Waals surface area (Å²) in [6, 6.07) is 19.7. The molecule has 65 heavy (non-hydrogen) atoms. The van der Waals surface area contributed by atoms with Gasteiger partial charge in [-0.3, -0.25) is 4.90 Å². The molecule has 0 amide bonds. The molecule has 2 saturated heterocycles. The van der Waals surface area contributed by atoms with Gasteiger partial charge in [0.1, 0.15) is 11.2 Å². The Kier molecular flexibility index (Phi) is 15.7. The van der Waals surface area contributed by atoms with E-state index in [0.717, 1.165) is 73.5 Å². The van der Waals surface area contributed by atoms with Gasteiger partial charge in [-0.1, -0.05) is 60.5 Å². The predicted molar refractivity (Wildman–Crippen MR) is 251 cm³/mol. The van der Waals surface area contributed by atoms with Crippen molar-refractivity contribution >= 4 is 60.8 Å². The lowest BCUT2D eigenvalue weighted by atomic mass is 9.72. The zero-order valence-electron chi connectivity index (χ0n) is 36.7. The summed E-state index contributed by atoms with van der Waals surface area (Å²) in [4.78, 5) is 18.0. The van der Waals surface area contributed by atoms with E-state index in [1.165, 1.54) is 22.9 Å². The van der Waals surface area contributed by atoms with Gasteiger partial charge < -0.3 is 24.6 Å². The van der Waals surface area contributed by atoms with Crippen molar-refractivity contribution in [2.75, 3.05) is 76.6 Å². The molecular weight excluding hydrogens is 919 g/mol. The van der Waals surface area contributed by atoms with Crippen molar-refractivity contribution in [1.29, 1.82) is 0 Å². The molecule has 0 spiro atoms. The highest BCUT2D eigenvalue weighted by atomic mass is 35.5. The summed E-state index contributed by atoms with van der Waals surface area (Å²) in [5, 5.41) is 3.74. The van der Waals surface area contributed by atoms with E-state index in [1.807, 2.05) is 67.6 Å². The summed E-state index contributed by atoms with van der Waals surface area (Å²) >= 11 is 7.66. The van der Waals surface area contributed by atoms with E-state index in [9.17, 15) is 34.8 Å². The van der Waals surface area contributed by atoms with Crippen LogP contribution in [-0.4, -0.2) is 126 Å². The molecule has 2 heterocycles. The summed E-state index contributed by atoms with van der Waals surface area (Å²) in [7, 11) is -10.6. The fourth-order valence-corrected chi connectivity index (χ4v) is 12.3. The molecule has 4 aliphatic rings. The van der Waals surface area contributed by atoms with Crippen molar-refractivity contribution in [1.82, 2.24) is 19.4 Å². The third-order valence-electron chi connectivity index (χ3n) is 12.5. The normalized spacial score (nSPS) is 23.3. The molecule has 11 nitrogen and oxygen atoms in total. The first-order valence-electron chi connectivity index (χ1n) is 21.9. The van der Waals surface area contributed by atoms with Crippen LogP contribution in [0.5, 0.6) is 0 Å². The van der Waals surface area contributed by atoms with Crippen LogP contribution in [0, 0.1) is 5.41 Å². The quantitative estimate of drug-likeness (QED) is 0.100. The fourth-order valence-electron chi connectivity index (χ4n) is 8.85. The topological polar surface area (TPSA) is 128 Å². The van der Waals surface area contributed by atoms with Crippen LogP contribution in [0.1, 0.15) is 51.5 Å². The fraction of sp³-hybridized carbons (Fsp3) is 0.468. The Bertz CT molecular complexity index is 2480. The van der Waals surface area contributed by atoms with Crippen LogP contribution in [0.25, 0.3) is 5.57 Å². The number of allylic oxidation sites excluding steroid dienone is 2. The van der Waals surface area contributed by atoms with Crippen molar-refractivity contribution in [3.63, 3.8) is 0 Å². The first-order valence-corrected chi connectivity index (χ1v) is 26.2. The summed E-state index contributed by atoms with van der Waals surface area (Å²) in [5.74, 6) is 0.403. The number of thioether (sulfide) groups is 1. The van der Waals surface area contributed by atoms with Gasteiger partial charge in [0, 0.05) is 91.8 Å². The standard InChI is InChI=1S/C47H57ClF3N5O6S3/c1-45(34-57)18-16-42(35-9-11-37(48)12-10-35)36(30-45)32-55-22-24-56(25-23-55)39-15-19-46(2,31-39)53-65(60,61)41-13-14-43(44(29-41)64(58,59)47(49,50)51)52-38(33-63-40-7-4-3-5-8-40)17-21-54-20-6-27-62-28-26-54/h3-5,7-15,19,29,31,34,38,52-53H,6,16-18,20-28,30,32-33H2,1-2H3/t38-,45-,46?/m1/s1. The number of sulfone groups is 1. The second-order valence-electron chi connectivity index (χ2n) is 17.8. The van der Waals surface area contributed by atoms with E-state index in [-0.39, 0.29) is 5.69 Å². The molecule has 1 unspecified atom stereocenters. The number of carbonyl (C=O) groups is 1. The number of ether oxygens (including phenoxy) is 1. The molecule has 2 aliphatic carbocycles. The number of carbonyl (C=O) groups excluding carboxylic acids is 1. The van der Waals surface area contributed by atoms with Crippen molar-refractivity contribution in [3.05, 3.63) is 113 Å². The van der Waals surface area contributed by atoms with Crippen molar-refractivity contribution in [3.8, 4) is 0 Å². The molecule has 3 atom stereocenters. The van der Waals surface area contributed by atoms with Gasteiger partial charge in [0.2, 0.25) is 10.0 Å². The van der Waals surface area contributed by atoms with Gasteiger partial charge in [0.05, 0.1) is 22.7 Å². The van der Waals surface area contributed by atoms with Crippen LogP contribution in [0.2, 0.25) is 5.02 Å². The second-order valence-corrected chi connectivity index (χ2v) is 22.9. The molecule has 2 aliphatic heterocycles. The van der Waals surface area contributed by atoms with Crippen LogP contribution in [-0.2, 0) is 29.4 Å². The average Bonchev–Trinajstić information content (AvgIpc) is 3.46. The summed E-state index contributed by atoms with van der Waals surface area (Å²) in [6.07, 6.45) is 9.88. The molecule has 0 saturated carbocycles. The number of rotatable bonds is 17. The molecule has 352 valence electrons. The lowest BCUT2D eigenvalue weighted by Crippen LogP contribution is -2.47. The van der Waals surface area contributed by atoms with Gasteiger partial charge in [-0.05, 0) is 105 Å². The molecule has 2 N–H and O–H groups in total. The van der Waals surface area contributed by atoms with Crippen LogP contribution in [0.4, 0.5) is 18.9 Å². The van der Waals surface area contributed by atoms with E-state index >= 15 is 0 Å². The smallest absolute Gasteiger partial charge is 0.380 e. The molecule has 3 aromatic carbocycles. The Hall–Kier alpha value is -3.68. The maximum Gasteiger partial charge on any atom is 0.501 e. The number of benzene rings is 3. The molecular formula is C47H57ClF3N5O6S3. The van der Waals surface area contributed by atoms with Crippen molar-refractivity contribution in [2.45, 2.75) is 77.7 Å². The summed E-state index contributed by atoms with van der Waals surface area (Å²) in [5.41, 5.74) is -3.32. The summed E-state index contributed by atoms with van der Waals surface area (Å²) < 4.78 is 106. The minimum Gasteiger partial charge on any atom is -0.380 e. The van der Waals surface area contributed by atoms with Crippen molar-refractivity contribution in [2.24, 2.45) is 5.41 Å². The Morgan fingerprint density at radius 1 is 0.923 bits per heavy atom. The number of piperazine rings is 1. The Labute approximate surface area is 390 Å². The SMILES string of the molecule is CC1(NS(=O)(=O)c2ccc(N[C@H](CCN3CCCOCC3)CSc3ccccc3)c(S(=O)(=O)C(F)(F)F)c2)C=CC(N2CCN(CC3=C(c4ccc(Cl)cc4)CC[C@@](C)(C=O)C3)CC2)=C1. The van der Waals surface area contributed by atoms with Gasteiger partial charge in [-0.2, -0.15) is 17.9 Å². The lowest BCUT2D eigenvalue weighted by molar-refractivity contribution is -0.115. The van der Waals surface area contributed by atoms with Crippen LogP contribution < -0.4 is 10.0 Å². The minimum atomic E-state index is -6.00. The highest BCUT2D eigenvalue weighted by molar-refractivity contribution is 7.99. The van der Waals surface area contributed by atoms with Gasteiger partial charge in [-0.15, -0.1) is 11.8 Å². The maximum atomic E-state index is 14.3. The van der Waals surface area contributed by atoms with Gasteiger partial charge in [-0.25, -0.2) is 16.8 Å². The largest absolute Gasteiger partial charge is 0.501 e. The van der Waals surface area contributed by atoms with Crippen LogP contribution in [0.3, 0.4) is 0 Å². The van der Waals surface area contributed by atoms with Crippen molar-refractivity contribution < 1.29 is 39.5 Å². The maximum absolute atomic E-state index is 14.3.